The van der Waals surface area contributed by atoms with Crippen LogP contribution in [0.3, 0.4) is 0 Å². The Labute approximate surface area is 125 Å². The van der Waals surface area contributed by atoms with Crippen molar-refractivity contribution in [3.05, 3.63) is 0 Å². The standard InChI is InChI=1S/C9H20N2.4C2H6/c1-2-3-4-7-11-8-5-10-6-9-11;4*1-2/h10H,2-9H2,1H3;4*1-2H3. The average Bonchev–Trinajstić information content (AvgIpc) is 2.56. The molecule has 0 bridgehead atoms. The van der Waals surface area contributed by atoms with Crippen molar-refractivity contribution in [3.8, 4) is 0 Å². The maximum Gasteiger partial charge on any atom is 0.0107 e. The van der Waals surface area contributed by atoms with Gasteiger partial charge in [-0.2, -0.15) is 0 Å². The highest BCUT2D eigenvalue weighted by Gasteiger charge is 2.07. The van der Waals surface area contributed by atoms with Crippen LogP contribution in [0.15, 0.2) is 0 Å². The maximum atomic E-state index is 3.36. The van der Waals surface area contributed by atoms with Crippen molar-refractivity contribution < 1.29 is 0 Å². The Morgan fingerprint density at radius 2 is 1.16 bits per heavy atom. The van der Waals surface area contributed by atoms with Gasteiger partial charge in [0.25, 0.3) is 0 Å². The first-order valence-corrected chi connectivity index (χ1v) is 8.86. The van der Waals surface area contributed by atoms with Crippen molar-refractivity contribution in [3.63, 3.8) is 0 Å². The lowest BCUT2D eigenvalue weighted by molar-refractivity contribution is 0.236. The fourth-order valence-corrected chi connectivity index (χ4v) is 1.52. The molecule has 0 radical (unpaired) electrons. The molecule has 1 heterocycles. The molecule has 0 amide bonds. The molecule has 0 aromatic rings. The number of hydrogen-bond acceptors (Lipinski definition) is 2. The van der Waals surface area contributed by atoms with Crippen LogP contribution < -0.4 is 5.32 Å². The molecule has 19 heavy (non-hydrogen) atoms. The Bertz CT molecular complexity index is 89.3. The third-order valence-corrected chi connectivity index (χ3v) is 2.29. The van der Waals surface area contributed by atoms with E-state index < -0.39 is 0 Å². The predicted molar refractivity (Wildman–Crippen MR) is 94.2 cm³/mol. The SMILES string of the molecule is CC.CC.CC.CC.CCCCCN1CCNCC1. The van der Waals surface area contributed by atoms with Crippen LogP contribution in [-0.2, 0) is 0 Å². The molecule has 2 nitrogen and oxygen atoms in total. The van der Waals surface area contributed by atoms with Crippen molar-refractivity contribution in [2.45, 2.75) is 81.6 Å². The smallest absolute Gasteiger partial charge is 0.0107 e. The summed E-state index contributed by atoms with van der Waals surface area (Å²) in [6.45, 7) is 24.5. The van der Waals surface area contributed by atoms with Crippen LogP contribution in [0.1, 0.15) is 81.6 Å². The van der Waals surface area contributed by atoms with E-state index in [1.54, 1.807) is 0 Å². The van der Waals surface area contributed by atoms with Crippen molar-refractivity contribution in [1.82, 2.24) is 10.2 Å². The van der Waals surface area contributed by atoms with Crippen molar-refractivity contribution in [1.29, 1.82) is 0 Å². The van der Waals surface area contributed by atoms with Crippen LogP contribution in [0, 0.1) is 0 Å². The third-order valence-electron chi connectivity index (χ3n) is 2.29. The second-order valence-corrected chi connectivity index (χ2v) is 3.30. The number of hydrogen-bond donors (Lipinski definition) is 1. The van der Waals surface area contributed by atoms with Gasteiger partial charge in [0.2, 0.25) is 0 Å². The Morgan fingerprint density at radius 1 is 0.737 bits per heavy atom. The molecule has 1 saturated heterocycles. The molecule has 0 unspecified atom stereocenters. The minimum Gasteiger partial charge on any atom is -0.314 e. The van der Waals surface area contributed by atoms with Gasteiger partial charge in [-0.15, -0.1) is 0 Å². The van der Waals surface area contributed by atoms with E-state index in [0.717, 1.165) is 0 Å². The largest absolute Gasteiger partial charge is 0.314 e. The minimum absolute atomic E-state index is 1.19. The van der Waals surface area contributed by atoms with Gasteiger partial charge in [-0.25, -0.2) is 0 Å². The molecule has 0 aliphatic carbocycles. The summed E-state index contributed by atoms with van der Waals surface area (Å²) in [6.07, 6.45) is 4.12. The van der Waals surface area contributed by atoms with Crippen LogP contribution in [-0.4, -0.2) is 37.6 Å². The lowest BCUT2D eigenvalue weighted by Gasteiger charge is -2.26. The second kappa shape index (κ2) is 36.1. The van der Waals surface area contributed by atoms with Crippen molar-refractivity contribution >= 4 is 0 Å². The maximum absolute atomic E-state index is 3.36. The van der Waals surface area contributed by atoms with Gasteiger partial charge in [-0.1, -0.05) is 75.2 Å². The zero-order valence-corrected chi connectivity index (χ0v) is 15.6. The first-order chi connectivity index (χ1) is 9.43. The summed E-state index contributed by atoms with van der Waals surface area (Å²) in [5, 5.41) is 3.36. The van der Waals surface area contributed by atoms with Crippen LogP contribution in [0.25, 0.3) is 0 Å². The molecule has 1 rings (SSSR count). The Balaban J connectivity index is -0.000000121. The Morgan fingerprint density at radius 3 is 1.53 bits per heavy atom. The van der Waals surface area contributed by atoms with E-state index in [1.165, 1.54) is 52.0 Å². The van der Waals surface area contributed by atoms with Crippen LogP contribution in [0.4, 0.5) is 0 Å². The van der Waals surface area contributed by atoms with Gasteiger partial charge in [0.15, 0.2) is 0 Å². The normalized spacial score (nSPS) is 13.1. The molecule has 1 N–H and O–H groups in total. The van der Waals surface area contributed by atoms with Crippen molar-refractivity contribution in [2.75, 3.05) is 32.7 Å². The number of nitrogens with one attached hydrogen (secondary N) is 1. The van der Waals surface area contributed by atoms with Gasteiger partial charge < -0.3 is 10.2 Å². The number of unbranched alkanes of at least 4 members (excludes halogenated alkanes) is 2. The molecule has 0 aromatic carbocycles. The first kappa shape index (κ1) is 27.3. The van der Waals surface area contributed by atoms with Crippen LogP contribution in [0.5, 0.6) is 0 Å². The highest BCUT2D eigenvalue weighted by atomic mass is 15.2. The molecule has 0 saturated carbocycles. The molecule has 0 aromatic heterocycles. The van der Waals surface area contributed by atoms with Gasteiger partial charge in [0.05, 0.1) is 0 Å². The zero-order chi connectivity index (χ0) is 15.9. The number of piperazine rings is 1. The molecule has 1 fully saturated rings. The molecule has 0 spiro atoms. The predicted octanol–water partition coefficient (Wildman–Crippen LogP) is 5.19. The topological polar surface area (TPSA) is 15.3 Å². The summed E-state index contributed by atoms with van der Waals surface area (Å²) < 4.78 is 0. The third kappa shape index (κ3) is 27.2. The van der Waals surface area contributed by atoms with E-state index in [-0.39, 0.29) is 0 Å². The molecule has 1 aliphatic heterocycles. The van der Waals surface area contributed by atoms with Gasteiger partial charge in [-0.3, -0.25) is 0 Å². The summed E-state index contributed by atoms with van der Waals surface area (Å²) >= 11 is 0. The fraction of sp³-hybridized carbons (Fsp3) is 1.00. The molecular weight excluding hydrogens is 232 g/mol. The van der Waals surface area contributed by atoms with E-state index in [1.807, 2.05) is 55.4 Å². The van der Waals surface area contributed by atoms with E-state index in [4.69, 9.17) is 0 Å². The number of rotatable bonds is 4. The van der Waals surface area contributed by atoms with Crippen molar-refractivity contribution in [2.24, 2.45) is 0 Å². The van der Waals surface area contributed by atoms with Gasteiger partial charge >= 0.3 is 0 Å². The fourth-order valence-electron chi connectivity index (χ4n) is 1.52. The zero-order valence-electron chi connectivity index (χ0n) is 15.6. The summed E-state index contributed by atoms with van der Waals surface area (Å²) in [4.78, 5) is 2.56. The molecule has 0 atom stereocenters. The molecular formula is C17H44N2. The lowest BCUT2D eigenvalue weighted by Crippen LogP contribution is -2.43. The summed E-state index contributed by atoms with van der Waals surface area (Å²) in [5.74, 6) is 0. The molecule has 1 aliphatic rings. The van der Waals surface area contributed by atoms with E-state index >= 15 is 0 Å². The average molecular weight is 277 g/mol. The summed E-state index contributed by atoms with van der Waals surface area (Å²) in [5.41, 5.74) is 0. The Kier molecular flexibility index (Phi) is 51.9. The Hall–Kier alpha value is -0.0800. The van der Waals surface area contributed by atoms with Crippen LogP contribution >= 0.6 is 0 Å². The molecule has 122 valence electrons. The van der Waals surface area contributed by atoms with E-state index in [9.17, 15) is 0 Å². The number of nitrogens with zero attached hydrogens (tertiary/aromatic N) is 1. The van der Waals surface area contributed by atoms with Crippen LogP contribution in [0.2, 0.25) is 0 Å². The highest BCUT2D eigenvalue weighted by molar-refractivity contribution is 4.66. The second-order valence-electron chi connectivity index (χ2n) is 3.30. The van der Waals surface area contributed by atoms with Gasteiger partial charge in [-0.05, 0) is 13.0 Å². The quantitative estimate of drug-likeness (QED) is 0.711. The van der Waals surface area contributed by atoms with E-state index in [0.29, 0.717) is 0 Å². The highest BCUT2D eigenvalue weighted by Crippen LogP contribution is 1.98. The first-order valence-electron chi connectivity index (χ1n) is 8.86. The van der Waals surface area contributed by atoms with Gasteiger partial charge in [0.1, 0.15) is 0 Å². The lowest BCUT2D eigenvalue weighted by atomic mass is 10.2. The summed E-state index contributed by atoms with van der Waals surface area (Å²) in [7, 11) is 0. The van der Waals surface area contributed by atoms with Gasteiger partial charge in [0, 0.05) is 26.2 Å². The van der Waals surface area contributed by atoms with E-state index in [2.05, 4.69) is 17.1 Å². The minimum atomic E-state index is 1.19. The monoisotopic (exact) mass is 276 g/mol. The molecule has 2 heteroatoms. The summed E-state index contributed by atoms with van der Waals surface area (Å²) in [6, 6.07) is 0.